The van der Waals surface area contributed by atoms with Crippen LogP contribution in [-0.4, -0.2) is 16.2 Å². The van der Waals surface area contributed by atoms with E-state index in [1.165, 1.54) is 10.9 Å². The molecule has 0 spiro atoms. The van der Waals surface area contributed by atoms with Crippen molar-refractivity contribution >= 4 is 15.9 Å². The summed E-state index contributed by atoms with van der Waals surface area (Å²) < 4.78 is 27.4. The largest absolute Gasteiger partial charge is 0.271 e. The third-order valence-corrected chi connectivity index (χ3v) is 2.61. The first-order valence-corrected chi connectivity index (χ1v) is 5.25. The van der Waals surface area contributed by atoms with Crippen molar-refractivity contribution in [3.05, 3.63) is 16.4 Å². The standard InChI is InChI=1S/C8H13BrF2N4/c1-4(2)15-7(5(9)3-13-15)6(14-12)8(10)11/h3-4,6,8,14H,12H2,1-2H3. The second kappa shape index (κ2) is 5.00. The first-order valence-electron chi connectivity index (χ1n) is 4.46. The first-order chi connectivity index (χ1) is 6.99. The summed E-state index contributed by atoms with van der Waals surface area (Å²) in [7, 11) is 0. The van der Waals surface area contributed by atoms with Gasteiger partial charge in [-0.25, -0.2) is 14.2 Å². The molecule has 3 N–H and O–H groups in total. The summed E-state index contributed by atoms with van der Waals surface area (Å²) >= 11 is 3.18. The Morgan fingerprint density at radius 2 is 2.13 bits per heavy atom. The van der Waals surface area contributed by atoms with E-state index in [1.807, 2.05) is 13.8 Å². The van der Waals surface area contributed by atoms with Crippen LogP contribution in [0.25, 0.3) is 0 Å². The lowest BCUT2D eigenvalue weighted by Crippen LogP contribution is -2.35. The molecule has 1 heterocycles. The Labute approximate surface area is 94.9 Å². The molecule has 0 aliphatic heterocycles. The normalized spacial score (nSPS) is 13.9. The van der Waals surface area contributed by atoms with Gasteiger partial charge in [0, 0.05) is 6.04 Å². The van der Waals surface area contributed by atoms with Gasteiger partial charge in [-0.15, -0.1) is 0 Å². The Balaban J connectivity index is 3.14. The van der Waals surface area contributed by atoms with Gasteiger partial charge < -0.3 is 0 Å². The molecule has 0 fully saturated rings. The fourth-order valence-corrected chi connectivity index (χ4v) is 1.84. The molecule has 0 saturated heterocycles. The van der Waals surface area contributed by atoms with Gasteiger partial charge in [0.25, 0.3) is 6.43 Å². The number of halogens is 3. The Morgan fingerprint density at radius 1 is 1.53 bits per heavy atom. The van der Waals surface area contributed by atoms with Gasteiger partial charge in [-0.3, -0.25) is 10.5 Å². The fourth-order valence-electron chi connectivity index (χ4n) is 1.32. The van der Waals surface area contributed by atoms with E-state index in [2.05, 4.69) is 26.5 Å². The van der Waals surface area contributed by atoms with Crippen LogP contribution in [0.1, 0.15) is 31.6 Å². The molecule has 7 heteroatoms. The summed E-state index contributed by atoms with van der Waals surface area (Å²) in [4.78, 5) is 0. The second-order valence-corrected chi connectivity index (χ2v) is 4.25. The Hall–Kier alpha value is -0.530. The molecule has 0 aliphatic carbocycles. The maximum atomic E-state index is 12.7. The second-order valence-electron chi connectivity index (χ2n) is 3.39. The number of nitrogens with zero attached hydrogens (tertiary/aromatic N) is 2. The summed E-state index contributed by atoms with van der Waals surface area (Å²) in [5, 5.41) is 4.01. The third kappa shape index (κ3) is 2.53. The average molecular weight is 283 g/mol. The van der Waals surface area contributed by atoms with E-state index in [9.17, 15) is 8.78 Å². The van der Waals surface area contributed by atoms with Crippen molar-refractivity contribution in [2.24, 2.45) is 5.84 Å². The summed E-state index contributed by atoms with van der Waals surface area (Å²) in [6.45, 7) is 3.73. The van der Waals surface area contributed by atoms with E-state index in [4.69, 9.17) is 5.84 Å². The Kier molecular flexibility index (Phi) is 4.18. The van der Waals surface area contributed by atoms with E-state index in [1.54, 1.807) is 0 Å². The van der Waals surface area contributed by atoms with Crippen LogP contribution in [0.3, 0.4) is 0 Å². The van der Waals surface area contributed by atoms with Crippen molar-refractivity contribution in [2.45, 2.75) is 32.4 Å². The lowest BCUT2D eigenvalue weighted by Gasteiger charge is -2.19. The molecule has 0 amide bonds. The van der Waals surface area contributed by atoms with Crippen LogP contribution < -0.4 is 11.3 Å². The van der Waals surface area contributed by atoms with Crippen LogP contribution in [0.15, 0.2) is 10.7 Å². The third-order valence-electron chi connectivity index (χ3n) is 2.00. The zero-order valence-electron chi connectivity index (χ0n) is 8.42. The minimum absolute atomic E-state index is 0.000833. The minimum atomic E-state index is -2.58. The van der Waals surface area contributed by atoms with Crippen LogP contribution in [-0.2, 0) is 0 Å². The molecule has 4 nitrogen and oxygen atoms in total. The number of alkyl halides is 2. The van der Waals surface area contributed by atoms with Crippen molar-refractivity contribution in [1.29, 1.82) is 0 Å². The molecule has 1 rings (SSSR count). The Bertz CT molecular complexity index is 326. The maximum Gasteiger partial charge on any atom is 0.260 e. The van der Waals surface area contributed by atoms with Gasteiger partial charge in [-0.05, 0) is 29.8 Å². The van der Waals surface area contributed by atoms with Crippen LogP contribution in [0, 0.1) is 0 Å². The van der Waals surface area contributed by atoms with Gasteiger partial charge >= 0.3 is 0 Å². The molecule has 0 aromatic carbocycles. The van der Waals surface area contributed by atoms with Crippen molar-refractivity contribution in [3.63, 3.8) is 0 Å². The van der Waals surface area contributed by atoms with Crippen molar-refractivity contribution in [2.75, 3.05) is 0 Å². The smallest absolute Gasteiger partial charge is 0.260 e. The van der Waals surface area contributed by atoms with E-state index in [0.29, 0.717) is 10.2 Å². The highest BCUT2D eigenvalue weighted by atomic mass is 79.9. The minimum Gasteiger partial charge on any atom is -0.271 e. The van der Waals surface area contributed by atoms with Gasteiger partial charge in [0.05, 0.1) is 16.4 Å². The molecule has 0 saturated carbocycles. The molecule has 86 valence electrons. The highest BCUT2D eigenvalue weighted by Gasteiger charge is 2.28. The van der Waals surface area contributed by atoms with Gasteiger partial charge in [-0.2, -0.15) is 5.10 Å². The average Bonchev–Trinajstić information content (AvgIpc) is 2.49. The number of rotatable bonds is 4. The molecule has 0 bridgehead atoms. The number of aromatic nitrogens is 2. The highest BCUT2D eigenvalue weighted by Crippen LogP contribution is 2.29. The first kappa shape index (κ1) is 12.5. The monoisotopic (exact) mass is 282 g/mol. The predicted octanol–water partition coefficient (Wildman–Crippen LogP) is 2.00. The van der Waals surface area contributed by atoms with E-state index in [-0.39, 0.29) is 6.04 Å². The van der Waals surface area contributed by atoms with Crippen molar-refractivity contribution < 1.29 is 8.78 Å². The van der Waals surface area contributed by atoms with E-state index < -0.39 is 12.5 Å². The zero-order chi connectivity index (χ0) is 11.6. The molecule has 1 unspecified atom stereocenters. The van der Waals surface area contributed by atoms with Gasteiger partial charge in [0.2, 0.25) is 0 Å². The SMILES string of the molecule is CC(C)n1ncc(Br)c1C(NN)C(F)F. The van der Waals surface area contributed by atoms with Gasteiger partial charge in [0.1, 0.15) is 6.04 Å². The van der Waals surface area contributed by atoms with Crippen LogP contribution in [0.4, 0.5) is 8.78 Å². The molecule has 1 aromatic rings. The number of nitrogens with one attached hydrogen (secondary N) is 1. The van der Waals surface area contributed by atoms with Crippen molar-refractivity contribution in [1.82, 2.24) is 15.2 Å². The number of hydrogen-bond donors (Lipinski definition) is 2. The van der Waals surface area contributed by atoms with E-state index >= 15 is 0 Å². The summed E-state index contributed by atoms with van der Waals surface area (Å²) in [6.07, 6.45) is -1.09. The Morgan fingerprint density at radius 3 is 2.53 bits per heavy atom. The maximum absolute atomic E-state index is 12.7. The predicted molar refractivity (Wildman–Crippen MR) is 56.4 cm³/mol. The molecule has 15 heavy (non-hydrogen) atoms. The fraction of sp³-hybridized carbons (Fsp3) is 0.625. The number of hydrazine groups is 1. The molecular formula is C8H13BrF2N4. The quantitative estimate of drug-likeness (QED) is 0.656. The number of nitrogens with two attached hydrogens (primary N) is 1. The molecular weight excluding hydrogens is 270 g/mol. The highest BCUT2D eigenvalue weighted by molar-refractivity contribution is 9.10. The summed E-state index contributed by atoms with van der Waals surface area (Å²) in [6, 6.07) is -1.22. The van der Waals surface area contributed by atoms with Crippen molar-refractivity contribution in [3.8, 4) is 0 Å². The van der Waals surface area contributed by atoms with E-state index in [0.717, 1.165) is 0 Å². The van der Waals surface area contributed by atoms with Crippen LogP contribution in [0.5, 0.6) is 0 Å². The molecule has 0 radical (unpaired) electrons. The summed E-state index contributed by atoms with van der Waals surface area (Å²) in [5.74, 6) is 5.11. The van der Waals surface area contributed by atoms with Crippen LogP contribution in [0.2, 0.25) is 0 Å². The van der Waals surface area contributed by atoms with Gasteiger partial charge in [0.15, 0.2) is 0 Å². The molecule has 1 atom stereocenters. The topological polar surface area (TPSA) is 55.9 Å². The summed E-state index contributed by atoms with van der Waals surface area (Å²) in [5.41, 5.74) is 2.46. The van der Waals surface area contributed by atoms with Gasteiger partial charge in [-0.1, -0.05) is 0 Å². The lowest BCUT2D eigenvalue weighted by atomic mass is 10.2. The molecule has 1 aromatic heterocycles. The molecule has 0 aliphatic rings. The number of hydrogen-bond acceptors (Lipinski definition) is 3. The van der Waals surface area contributed by atoms with Crippen LogP contribution >= 0.6 is 15.9 Å². The lowest BCUT2D eigenvalue weighted by molar-refractivity contribution is 0.0934. The zero-order valence-corrected chi connectivity index (χ0v) is 10.0.